The van der Waals surface area contributed by atoms with Crippen molar-refractivity contribution in [1.82, 2.24) is 14.6 Å². The van der Waals surface area contributed by atoms with Crippen LogP contribution in [-0.2, 0) is 4.79 Å². The van der Waals surface area contributed by atoms with Crippen molar-refractivity contribution < 1.29 is 9.53 Å². The molecule has 0 aliphatic carbocycles. The highest BCUT2D eigenvalue weighted by atomic mass is 32.2. The Balaban J connectivity index is 1.50. The Morgan fingerprint density at radius 3 is 2.77 bits per heavy atom. The van der Waals surface area contributed by atoms with Gasteiger partial charge < -0.3 is 10.1 Å². The molecule has 0 bridgehead atoms. The summed E-state index contributed by atoms with van der Waals surface area (Å²) < 4.78 is 7.38. The Hall–Kier alpha value is -3.32. The Morgan fingerprint density at radius 2 is 1.97 bits per heavy atom. The predicted octanol–water partition coefficient (Wildman–Crippen LogP) is 5.14. The third kappa shape index (κ3) is 4.72. The summed E-state index contributed by atoms with van der Waals surface area (Å²) in [7, 11) is 0. The molecule has 4 rings (SSSR count). The molecule has 0 unspecified atom stereocenters. The van der Waals surface area contributed by atoms with Gasteiger partial charge in [-0.25, -0.2) is 9.50 Å². The molecule has 2 aromatic heterocycles. The fraction of sp³-hybridized carbons (Fsp3) is 0.208. The minimum absolute atomic E-state index is 0.116. The monoisotopic (exact) mass is 432 g/mol. The molecule has 2 heterocycles. The molecule has 158 valence electrons. The molecule has 0 saturated heterocycles. The molecule has 2 aromatic carbocycles. The lowest BCUT2D eigenvalue weighted by Crippen LogP contribution is -2.15. The van der Waals surface area contributed by atoms with E-state index < -0.39 is 0 Å². The van der Waals surface area contributed by atoms with E-state index in [1.165, 1.54) is 22.9 Å². The molecule has 0 aliphatic rings. The summed E-state index contributed by atoms with van der Waals surface area (Å²) in [5, 5.41) is 8.37. The maximum atomic E-state index is 12.5. The van der Waals surface area contributed by atoms with E-state index in [0.29, 0.717) is 18.0 Å². The first-order valence-electron chi connectivity index (χ1n) is 10.1. The first-order valence-corrected chi connectivity index (χ1v) is 11.1. The van der Waals surface area contributed by atoms with E-state index in [2.05, 4.69) is 47.4 Å². The maximum Gasteiger partial charge on any atom is 0.234 e. The SMILES string of the molecule is CCOc1ccccc1NC(=O)CSc1nccn2nc(-c3ccc(C)c(C)c3)cc12. The molecule has 0 aliphatic heterocycles. The van der Waals surface area contributed by atoms with Crippen LogP contribution >= 0.6 is 11.8 Å². The van der Waals surface area contributed by atoms with Crippen molar-refractivity contribution in [3.05, 3.63) is 72.1 Å². The smallest absolute Gasteiger partial charge is 0.234 e. The Labute approximate surface area is 185 Å². The summed E-state index contributed by atoms with van der Waals surface area (Å²) in [6, 6.07) is 15.8. The number of carbonyl (C=O) groups excluding carboxylic acids is 1. The van der Waals surface area contributed by atoms with E-state index in [0.717, 1.165) is 21.8 Å². The van der Waals surface area contributed by atoms with Gasteiger partial charge in [0, 0.05) is 18.0 Å². The van der Waals surface area contributed by atoms with Crippen molar-refractivity contribution in [3.8, 4) is 17.0 Å². The second-order valence-electron chi connectivity index (χ2n) is 7.16. The number of amides is 1. The summed E-state index contributed by atoms with van der Waals surface area (Å²) in [5.41, 5.74) is 5.97. The summed E-state index contributed by atoms with van der Waals surface area (Å²) in [5.74, 6) is 0.782. The van der Waals surface area contributed by atoms with E-state index >= 15 is 0 Å². The molecular weight excluding hydrogens is 408 g/mol. The van der Waals surface area contributed by atoms with Crippen molar-refractivity contribution in [2.45, 2.75) is 25.8 Å². The van der Waals surface area contributed by atoms with Crippen LogP contribution < -0.4 is 10.1 Å². The third-order valence-corrected chi connectivity index (χ3v) is 5.95. The summed E-state index contributed by atoms with van der Waals surface area (Å²) in [4.78, 5) is 17.0. The molecule has 0 radical (unpaired) electrons. The van der Waals surface area contributed by atoms with Crippen LogP contribution in [0.15, 0.2) is 66.0 Å². The predicted molar refractivity (Wildman–Crippen MR) is 125 cm³/mol. The number of anilines is 1. The zero-order chi connectivity index (χ0) is 21.8. The molecule has 0 saturated carbocycles. The molecule has 7 heteroatoms. The number of hydrogen-bond donors (Lipinski definition) is 1. The van der Waals surface area contributed by atoms with Crippen LogP contribution in [0.25, 0.3) is 16.8 Å². The van der Waals surface area contributed by atoms with Gasteiger partial charge >= 0.3 is 0 Å². The average molecular weight is 433 g/mol. The number of nitrogens with zero attached hydrogens (tertiary/aromatic N) is 3. The van der Waals surface area contributed by atoms with Gasteiger partial charge in [-0.3, -0.25) is 4.79 Å². The second kappa shape index (κ2) is 9.22. The van der Waals surface area contributed by atoms with Crippen LogP contribution in [0.5, 0.6) is 5.75 Å². The lowest BCUT2D eigenvalue weighted by Gasteiger charge is -2.11. The molecule has 0 spiro atoms. The molecule has 6 nitrogen and oxygen atoms in total. The average Bonchev–Trinajstić information content (AvgIpc) is 3.21. The van der Waals surface area contributed by atoms with Gasteiger partial charge in [0.1, 0.15) is 10.8 Å². The third-order valence-electron chi connectivity index (χ3n) is 4.96. The van der Waals surface area contributed by atoms with Crippen molar-refractivity contribution in [1.29, 1.82) is 0 Å². The molecule has 31 heavy (non-hydrogen) atoms. The number of benzene rings is 2. The number of para-hydroxylation sites is 2. The molecular formula is C24H24N4O2S. The Kier molecular flexibility index (Phi) is 6.23. The van der Waals surface area contributed by atoms with Crippen LogP contribution in [0.4, 0.5) is 5.69 Å². The Morgan fingerprint density at radius 1 is 1.13 bits per heavy atom. The second-order valence-corrected chi connectivity index (χ2v) is 8.12. The highest BCUT2D eigenvalue weighted by molar-refractivity contribution is 8.00. The van der Waals surface area contributed by atoms with Crippen LogP contribution in [0.2, 0.25) is 0 Å². The van der Waals surface area contributed by atoms with Gasteiger partial charge in [0.25, 0.3) is 0 Å². The van der Waals surface area contributed by atoms with Crippen molar-refractivity contribution >= 4 is 28.9 Å². The molecule has 1 amide bonds. The van der Waals surface area contributed by atoms with E-state index in [1.807, 2.05) is 48.0 Å². The van der Waals surface area contributed by atoms with Gasteiger partial charge in [0.2, 0.25) is 5.91 Å². The van der Waals surface area contributed by atoms with Gasteiger partial charge in [-0.15, -0.1) is 0 Å². The molecule has 4 aromatic rings. The largest absolute Gasteiger partial charge is 0.492 e. The first kappa shape index (κ1) is 20.9. The topological polar surface area (TPSA) is 68.5 Å². The van der Waals surface area contributed by atoms with Gasteiger partial charge in [0.15, 0.2) is 0 Å². The first-order chi connectivity index (χ1) is 15.0. The molecule has 1 N–H and O–H groups in total. The van der Waals surface area contributed by atoms with Crippen LogP contribution in [-0.4, -0.2) is 32.9 Å². The zero-order valence-corrected chi connectivity index (χ0v) is 18.6. The highest BCUT2D eigenvalue weighted by Crippen LogP contribution is 2.28. The fourth-order valence-electron chi connectivity index (χ4n) is 3.22. The summed E-state index contributed by atoms with van der Waals surface area (Å²) in [6.45, 7) is 6.65. The normalized spacial score (nSPS) is 10.9. The standard InChI is InChI=1S/C24H24N4O2S/c1-4-30-22-8-6-5-7-19(22)26-23(29)15-31-24-21-14-20(27-28(21)12-11-25-24)18-10-9-16(2)17(3)13-18/h5-14H,4,15H2,1-3H3,(H,26,29). The number of fused-ring (bicyclic) bond motifs is 1. The minimum atomic E-state index is -0.116. The van der Waals surface area contributed by atoms with Crippen molar-refractivity contribution in [3.63, 3.8) is 0 Å². The molecule has 0 atom stereocenters. The fourth-order valence-corrected chi connectivity index (χ4v) is 4.00. The van der Waals surface area contributed by atoms with E-state index in [4.69, 9.17) is 4.74 Å². The van der Waals surface area contributed by atoms with Gasteiger partial charge in [0.05, 0.1) is 29.3 Å². The summed E-state index contributed by atoms with van der Waals surface area (Å²) >= 11 is 1.39. The van der Waals surface area contributed by atoms with Crippen LogP contribution in [0.3, 0.4) is 0 Å². The van der Waals surface area contributed by atoms with Crippen LogP contribution in [0, 0.1) is 13.8 Å². The van der Waals surface area contributed by atoms with Gasteiger partial charge in [-0.1, -0.05) is 36.0 Å². The number of ether oxygens (including phenoxy) is 1. The Bertz CT molecular complexity index is 1240. The maximum absolute atomic E-state index is 12.5. The highest BCUT2D eigenvalue weighted by Gasteiger charge is 2.13. The zero-order valence-electron chi connectivity index (χ0n) is 17.8. The number of carbonyl (C=O) groups is 1. The van der Waals surface area contributed by atoms with E-state index in [-0.39, 0.29) is 11.7 Å². The van der Waals surface area contributed by atoms with E-state index in [1.54, 1.807) is 6.20 Å². The number of nitrogens with one attached hydrogen (secondary N) is 1. The van der Waals surface area contributed by atoms with E-state index in [9.17, 15) is 4.79 Å². The quantitative estimate of drug-likeness (QED) is 0.410. The minimum Gasteiger partial charge on any atom is -0.492 e. The lowest BCUT2D eigenvalue weighted by molar-refractivity contribution is -0.113. The molecule has 0 fully saturated rings. The van der Waals surface area contributed by atoms with Gasteiger partial charge in [-0.2, -0.15) is 5.10 Å². The van der Waals surface area contributed by atoms with Crippen molar-refractivity contribution in [2.24, 2.45) is 0 Å². The number of hydrogen-bond acceptors (Lipinski definition) is 5. The number of aromatic nitrogens is 3. The van der Waals surface area contributed by atoms with Crippen molar-refractivity contribution in [2.75, 3.05) is 17.7 Å². The summed E-state index contributed by atoms with van der Waals surface area (Å²) in [6.07, 6.45) is 3.52. The van der Waals surface area contributed by atoms with Crippen LogP contribution in [0.1, 0.15) is 18.1 Å². The number of aryl methyl sites for hydroxylation is 2. The number of rotatable bonds is 7. The van der Waals surface area contributed by atoms with Gasteiger partial charge in [-0.05, 0) is 56.2 Å². The number of thioether (sulfide) groups is 1. The lowest BCUT2D eigenvalue weighted by atomic mass is 10.0.